The van der Waals surface area contributed by atoms with E-state index in [2.05, 4.69) is 28.9 Å². The second kappa shape index (κ2) is 10.1. The van der Waals surface area contributed by atoms with Crippen molar-refractivity contribution < 1.29 is 9.47 Å². The summed E-state index contributed by atoms with van der Waals surface area (Å²) in [5, 5.41) is 0. The van der Waals surface area contributed by atoms with Crippen LogP contribution in [-0.4, -0.2) is 60.0 Å². The fourth-order valence-electron chi connectivity index (χ4n) is 4.98. The lowest BCUT2D eigenvalue weighted by atomic mass is 9.90. The molecule has 0 bridgehead atoms. The molecule has 0 unspecified atom stereocenters. The summed E-state index contributed by atoms with van der Waals surface area (Å²) in [6, 6.07) is 7.17. The van der Waals surface area contributed by atoms with Crippen LogP contribution in [0.1, 0.15) is 50.1 Å². The Morgan fingerprint density at radius 3 is 2.45 bits per heavy atom. The van der Waals surface area contributed by atoms with Crippen molar-refractivity contribution in [3.63, 3.8) is 0 Å². The summed E-state index contributed by atoms with van der Waals surface area (Å²) in [4.78, 5) is 18.2. The fraction of sp³-hybridized carbons (Fsp3) is 0.682. The lowest BCUT2D eigenvalue weighted by Crippen LogP contribution is -2.45. The molecule has 2 aliphatic rings. The van der Waals surface area contributed by atoms with Gasteiger partial charge in [-0.15, -0.1) is 12.4 Å². The number of nitrogens with one attached hydrogen (secondary N) is 1. The molecule has 2 aromatic rings. The summed E-state index contributed by atoms with van der Waals surface area (Å²) in [5.41, 5.74) is 3.23. The number of benzene rings is 1. The Bertz CT molecular complexity index is 833. The van der Waals surface area contributed by atoms with Gasteiger partial charge in [-0.3, -0.25) is 4.57 Å². The topological polar surface area (TPSA) is 59.5 Å². The minimum absolute atomic E-state index is 0. The maximum absolute atomic E-state index is 12.5. The smallest absolute Gasteiger partial charge is 0.326 e. The van der Waals surface area contributed by atoms with E-state index in [-0.39, 0.29) is 18.1 Å². The molecule has 1 saturated carbocycles. The fourth-order valence-corrected chi connectivity index (χ4v) is 4.98. The molecule has 1 aliphatic carbocycles. The Hall–Kier alpha value is -1.34. The molecule has 0 atom stereocenters. The molecule has 1 saturated heterocycles. The summed E-state index contributed by atoms with van der Waals surface area (Å²) >= 11 is 0. The molecule has 0 radical (unpaired) electrons. The van der Waals surface area contributed by atoms with Crippen molar-refractivity contribution in [3.8, 4) is 0 Å². The molecule has 1 aromatic heterocycles. The molecule has 29 heavy (non-hydrogen) atoms. The van der Waals surface area contributed by atoms with E-state index in [0.29, 0.717) is 31.4 Å². The van der Waals surface area contributed by atoms with E-state index in [9.17, 15) is 4.79 Å². The number of aryl methyl sites for hydroxylation is 1. The van der Waals surface area contributed by atoms with Crippen molar-refractivity contribution in [1.82, 2.24) is 14.5 Å². The Morgan fingerprint density at radius 1 is 1.03 bits per heavy atom. The van der Waals surface area contributed by atoms with E-state index in [1.165, 1.54) is 18.4 Å². The van der Waals surface area contributed by atoms with Gasteiger partial charge in [-0.25, -0.2) is 4.79 Å². The van der Waals surface area contributed by atoms with Crippen molar-refractivity contribution in [2.75, 3.05) is 33.4 Å². The molecule has 6 nitrogen and oxygen atoms in total. The lowest BCUT2D eigenvalue weighted by molar-refractivity contribution is -0.0173. The van der Waals surface area contributed by atoms with Gasteiger partial charge in [0.15, 0.2) is 0 Å². The number of hydrogen-bond donors (Lipinski definition) is 1. The van der Waals surface area contributed by atoms with Gasteiger partial charge in [0, 0.05) is 32.3 Å². The van der Waals surface area contributed by atoms with Gasteiger partial charge in [0.2, 0.25) is 0 Å². The minimum Gasteiger partial charge on any atom is -0.382 e. The highest BCUT2D eigenvalue weighted by atomic mass is 35.5. The molecule has 1 N–H and O–H groups in total. The molecule has 4 rings (SSSR count). The minimum atomic E-state index is 0. The molecular weight excluding hydrogens is 390 g/mol. The normalized spacial score (nSPS) is 23.9. The van der Waals surface area contributed by atoms with Crippen LogP contribution < -0.4 is 5.69 Å². The van der Waals surface area contributed by atoms with Crippen molar-refractivity contribution in [3.05, 3.63) is 34.2 Å². The van der Waals surface area contributed by atoms with Crippen LogP contribution >= 0.6 is 12.4 Å². The van der Waals surface area contributed by atoms with Gasteiger partial charge < -0.3 is 19.4 Å². The van der Waals surface area contributed by atoms with E-state index >= 15 is 0 Å². The molecule has 0 spiro atoms. The molecular formula is C22H34ClN3O3. The van der Waals surface area contributed by atoms with Gasteiger partial charge in [-0.2, -0.15) is 0 Å². The van der Waals surface area contributed by atoms with Crippen molar-refractivity contribution >= 4 is 23.4 Å². The van der Waals surface area contributed by atoms with Gasteiger partial charge in [-0.1, -0.05) is 6.07 Å². The SMILES string of the molecule is COCCO[C@H]1CC[C@H](N2CCC(n3c(=O)[nH]c4ccc(C)cc43)CC2)CC1.Cl. The Kier molecular flexibility index (Phi) is 7.79. The van der Waals surface area contributed by atoms with Crippen LogP contribution in [0.5, 0.6) is 0 Å². The van der Waals surface area contributed by atoms with Crippen LogP contribution in [0.15, 0.2) is 23.0 Å². The maximum atomic E-state index is 12.5. The van der Waals surface area contributed by atoms with Gasteiger partial charge >= 0.3 is 5.69 Å². The average Bonchev–Trinajstić information content (AvgIpc) is 3.04. The van der Waals surface area contributed by atoms with Gasteiger partial charge in [0.05, 0.1) is 30.4 Å². The Morgan fingerprint density at radius 2 is 1.76 bits per heavy atom. The maximum Gasteiger partial charge on any atom is 0.326 e. The van der Waals surface area contributed by atoms with Crippen LogP contribution in [0.25, 0.3) is 11.0 Å². The molecule has 1 aliphatic heterocycles. The van der Waals surface area contributed by atoms with Crippen LogP contribution in [0, 0.1) is 6.92 Å². The third kappa shape index (κ3) is 5.05. The number of rotatable bonds is 6. The molecule has 7 heteroatoms. The zero-order valence-corrected chi connectivity index (χ0v) is 18.4. The summed E-state index contributed by atoms with van der Waals surface area (Å²) in [5.74, 6) is 0. The summed E-state index contributed by atoms with van der Waals surface area (Å²) in [6.45, 7) is 5.63. The van der Waals surface area contributed by atoms with Gasteiger partial charge in [0.1, 0.15) is 0 Å². The summed E-state index contributed by atoms with van der Waals surface area (Å²) in [7, 11) is 1.72. The van der Waals surface area contributed by atoms with Crippen LogP contribution in [0.3, 0.4) is 0 Å². The number of aromatic amines is 1. The number of methoxy groups -OCH3 is 1. The number of fused-ring (bicyclic) bond motifs is 1. The zero-order valence-electron chi connectivity index (χ0n) is 17.6. The number of hydrogen-bond acceptors (Lipinski definition) is 4. The number of ether oxygens (including phenoxy) is 2. The standard InChI is InChI=1S/C22H33N3O3.ClH/c1-16-3-8-20-21(15-16)25(22(26)23-20)18-9-11-24(12-10-18)17-4-6-19(7-5-17)28-14-13-27-2;/h3,8,15,17-19H,4-7,9-14H2,1-2H3,(H,23,26);1H/t17-,19-;. The van der Waals surface area contributed by atoms with Gasteiger partial charge in [0.25, 0.3) is 0 Å². The Balaban J connectivity index is 0.00000240. The van der Waals surface area contributed by atoms with Crippen molar-refractivity contribution in [2.45, 2.75) is 63.6 Å². The highest BCUT2D eigenvalue weighted by molar-refractivity contribution is 5.85. The zero-order chi connectivity index (χ0) is 19.5. The van der Waals surface area contributed by atoms with Crippen LogP contribution in [0.4, 0.5) is 0 Å². The molecule has 162 valence electrons. The molecule has 0 amide bonds. The Labute approximate surface area is 179 Å². The number of piperidine rings is 1. The summed E-state index contributed by atoms with van der Waals surface area (Å²) < 4.78 is 13.0. The monoisotopic (exact) mass is 423 g/mol. The average molecular weight is 424 g/mol. The number of nitrogens with zero attached hydrogens (tertiary/aromatic N) is 2. The van der Waals surface area contributed by atoms with E-state index in [1.807, 2.05) is 10.6 Å². The third-order valence-electron chi connectivity index (χ3n) is 6.54. The number of H-pyrrole nitrogens is 1. The number of aromatic nitrogens is 2. The number of likely N-dealkylation sites (tertiary alicyclic amines) is 1. The van der Waals surface area contributed by atoms with Crippen LogP contribution in [-0.2, 0) is 9.47 Å². The van der Waals surface area contributed by atoms with E-state index in [1.54, 1.807) is 7.11 Å². The number of imidazole rings is 1. The first-order chi connectivity index (χ1) is 13.7. The second-order valence-electron chi connectivity index (χ2n) is 8.38. The van der Waals surface area contributed by atoms with E-state index in [4.69, 9.17) is 9.47 Å². The van der Waals surface area contributed by atoms with Crippen molar-refractivity contribution in [2.24, 2.45) is 0 Å². The molecule has 2 fully saturated rings. The first-order valence-corrected chi connectivity index (χ1v) is 10.7. The van der Waals surface area contributed by atoms with Crippen molar-refractivity contribution in [1.29, 1.82) is 0 Å². The summed E-state index contributed by atoms with van der Waals surface area (Å²) in [6.07, 6.45) is 7.22. The first kappa shape index (κ1) is 22.3. The van der Waals surface area contributed by atoms with Gasteiger partial charge in [-0.05, 0) is 63.1 Å². The molecule has 2 heterocycles. The predicted octanol–water partition coefficient (Wildman–Crippen LogP) is 3.67. The van der Waals surface area contributed by atoms with E-state index in [0.717, 1.165) is 49.8 Å². The predicted molar refractivity (Wildman–Crippen MR) is 118 cm³/mol. The first-order valence-electron chi connectivity index (χ1n) is 10.7. The highest BCUT2D eigenvalue weighted by Gasteiger charge is 2.30. The number of halogens is 1. The molecule has 1 aromatic carbocycles. The third-order valence-corrected chi connectivity index (χ3v) is 6.54. The largest absolute Gasteiger partial charge is 0.382 e. The van der Waals surface area contributed by atoms with Crippen LogP contribution in [0.2, 0.25) is 0 Å². The van der Waals surface area contributed by atoms with E-state index < -0.39 is 0 Å². The highest BCUT2D eigenvalue weighted by Crippen LogP contribution is 2.31. The quantitative estimate of drug-likeness (QED) is 0.720. The lowest BCUT2D eigenvalue weighted by Gasteiger charge is -2.41. The second-order valence-corrected chi connectivity index (χ2v) is 8.38.